The summed E-state index contributed by atoms with van der Waals surface area (Å²) in [6.45, 7) is 10.1. The molecule has 3 heterocycles. The second kappa shape index (κ2) is 13.2. The molecule has 2 aromatic carbocycles. The summed E-state index contributed by atoms with van der Waals surface area (Å²) in [6.07, 6.45) is 2.90. The first-order valence-corrected chi connectivity index (χ1v) is 16.8. The molecule has 0 bridgehead atoms. The molecular formula is C33H39FN4O7S. The predicted molar refractivity (Wildman–Crippen MR) is 173 cm³/mol. The van der Waals surface area contributed by atoms with Crippen molar-refractivity contribution in [1.29, 1.82) is 0 Å². The molecule has 4 aromatic rings. The molecule has 11 nitrogen and oxygen atoms in total. The van der Waals surface area contributed by atoms with E-state index in [4.69, 9.17) is 14.2 Å². The van der Waals surface area contributed by atoms with Crippen LogP contribution in [-0.4, -0.2) is 84.5 Å². The number of hydrogen-bond donors (Lipinski definition) is 1. The summed E-state index contributed by atoms with van der Waals surface area (Å²) in [5.74, 6) is -0.707. The van der Waals surface area contributed by atoms with Crippen molar-refractivity contribution in [1.82, 2.24) is 19.4 Å². The fraction of sp³-hybridized carbons (Fsp3) is 0.394. The van der Waals surface area contributed by atoms with Gasteiger partial charge >= 0.3 is 6.09 Å². The number of sulfone groups is 1. The number of halogens is 1. The third-order valence-electron chi connectivity index (χ3n) is 7.71. The Balaban J connectivity index is 1.33. The van der Waals surface area contributed by atoms with E-state index in [-0.39, 0.29) is 46.2 Å². The number of hydrogen-bond acceptors (Lipinski definition) is 8. The summed E-state index contributed by atoms with van der Waals surface area (Å²) >= 11 is 0. The second-order valence-corrected chi connectivity index (χ2v) is 14.4. The zero-order valence-electron chi connectivity index (χ0n) is 26.6. The molecule has 1 N–H and O–H groups in total. The number of carbonyl (C=O) groups is 1. The van der Waals surface area contributed by atoms with E-state index in [1.807, 2.05) is 20.8 Å². The molecule has 0 atom stereocenters. The van der Waals surface area contributed by atoms with E-state index in [0.717, 1.165) is 0 Å². The van der Waals surface area contributed by atoms with Gasteiger partial charge in [0.05, 0.1) is 10.6 Å². The van der Waals surface area contributed by atoms with E-state index in [1.54, 1.807) is 43.4 Å². The number of aromatic nitrogens is 2. The molecule has 0 radical (unpaired) electrons. The van der Waals surface area contributed by atoms with E-state index in [0.29, 0.717) is 54.8 Å². The third-order valence-corrected chi connectivity index (χ3v) is 9.44. The number of nitrogens with zero attached hydrogens (tertiary/aromatic N) is 3. The lowest BCUT2D eigenvalue weighted by atomic mass is 10.0. The summed E-state index contributed by atoms with van der Waals surface area (Å²) in [5, 5.41) is 0.573. The van der Waals surface area contributed by atoms with Crippen molar-refractivity contribution in [2.45, 2.75) is 38.2 Å². The minimum absolute atomic E-state index is 0.00625. The smallest absolute Gasteiger partial charge is 0.410 e. The number of amides is 1. The first-order valence-electron chi connectivity index (χ1n) is 15.1. The number of pyridine rings is 1. The van der Waals surface area contributed by atoms with Gasteiger partial charge in [0.1, 0.15) is 23.5 Å². The van der Waals surface area contributed by atoms with Gasteiger partial charge in [-0.05, 0) is 57.2 Å². The SMILES string of the molecule is CCS(=O)(=O)c1ccc(Oc2cccc(OCCN3CCN(C(=O)OC(C)(C)C)CC3)c2F)c(-c2cn(C)c(=O)c3[nH]ccc23)c1. The Bertz CT molecular complexity index is 1910. The Morgan fingerprint density at radius 2 is 1.72 bits per heavy atom. The molecule has 46 heavy (non-hydrogen) atoms. The molecule has 0 unspecified atom stereocenters. The van der Waals surface area contributed by atoms with Crippen LogP contribution in [0.1, 0.15) is 27.7 Å². The van der Waals surface area contributed by atoms with Gasteiger partial charge < -0.3 is 28.7 Å². The lowest BCUT2D eigenvalue weighted by molar-refractivity contribution is 0.0136. The van der Waals surface area contributed by atoms with Crippen LogP contribution < -0.4 is 15.0 Å². The maximum absolute atomic E-state index is 15.7. The molecule has 1 saturated heterocycles. The van der Waals surface area contributed by atoms with Gasteiger partial charge in [0.25, 0.3) is 5.56 Å². The van der Waals surface area contributed by atoms with Gasteiger partial charge in [-0.3, -0.25) is 9.69 Å². The first kappa shape index (κ1) is 33.0. The number of aryl methyl sites for hydroxylation is 1. The van der Waals surface area contributed by atoms with E-state index in [9.17, 15) is 18.0 Å². The average molecular weight is 655 g/mol. The van der Waals surface area contributed by atoms with Crippen molar-refractivity contribution in [3.8, 4) is 28.4 Å². The topological polar surface area (TPSA) is 123 Å². The quantitative estimate of drug-likeness (QED) is 0.262. The number of nitrogens with one attached hydrogen (secondary N) is 1. The zero-order chi connectivity index (χ0) is 33.2. The number of piperazine rings is 1. The molecular weight excluding hydrogens is 615 g/mol. The van der Waals surface area contributed by atoms with Crippen LogP contribution in [0.3, 0.4) is 0 Å². The highest BCUT2D eigenvalue weighted by Gasteiger charge is 2.26. The Kier molecular flexibility index (Phi) is 9.45. The van der Waals surface area contributed by atoms with Crippen molar-refractivity contribution in [3.05, 3.63) is 71.0 Å². The summed E-state index contributed by atoms with van der Waals surface area (Å²) < 4.78 is 60.0. The van der Waals surface area contributed by atoms with Crippen LogP contribution in [0.5, 0.6) is 17.2 Å². The van der Waals surface area contributed by atoms with E-state index >= 15 is 4.39 Å². The molecule has 2 aromatic heterocycles. The van der Waals surface area contributed by atoms with Gasteiger partial charge in [-0.1, -0.05) is 13.0 Å². The minimum atomic E-state index is -3.58. The Labute approximate surface area is 267 Å². The number of benzene rings is 2. The number of H-pyrrole nitrogens is 1. The van der Waals surface area contributed by atoms with E-state index in [1.165, 1.54) is 34.9 Å². The standard InChI is InChI=1S/C33H39FN4O7S/c1-6-46(41,42)22-10-11-26(24(20-22)25-21-36(5)31(39)30-23(25)12-13-35-30)44-28-9-7-8-27(29(28)34)43-19-18-37-14-16-38(17-15-37)32(40)45-33(2,3)4/h7-13,20-21,35H,6,14-19H2,1-5H3. The van der Waals surface area contributed by atoms with Crippen molar-refractivity contribution in [3.63, 3.8) is 0 Å². The highest BCUT2D eigenvalue weighted by Crippen LogP contribution is 2.39. The maximum atomic E-state index is 15.7. The monoisotopic (exact) mass is 654 g/mol. The average Bonchev–Trinajstić information content (AvgIpc) is 3.51. The molecule has 1 fully saturated rings. The van der Waals surface area contributed by atoms with Gasteiger partial charge in [-0.2, -0.15) is 4.39 Å². The van der Waals surface area contributed by atoms with Crippen molar-refractivity contribution in [2.75, 3.05) is 45.1 Å². The van der Waals surface area contributed by atoms with Crippen molar-refractivity contribution in [2.24, 2.45) is 7.05 Å². The Morgan fingerprint density at radius 1 is 1.00 bits per heavy atom. The van der Waals surface area contributed by atoms with Crippen molar-refractivity contribution < 1.29 is 31.8 Å². The molecule has 1 aliphatic heterocycles. The van der Waals surface area contributed by atoms with Gasteiger partial charge in [0, 0.05) is 68.7 Å². The van der Waals surface area contributed by atoms with Crippen LogP contribution in [0.2, 0.25) is 0 Å². The van der Waals surface area contributed by atoms with Crippen molar-refractivity contribution >= 4 is 26.8 Å². The Morgan fingerprint density at radius 3 is 2.41 bits per heavy atom. The largest absolute Gasteiger partial charge is 0.489 e. The van der Waals surface area contributed by atoms with Gasteiger partial charge in [0.2, 0.25) is 5.82 Å². The normalized spacial score (nSPS) is 14.4. The molecule has 0 spiro atoms. The molecule has 1 amide bonds. The van der Waals surface area contributed by atoms with Crippen LogP contribution in [0.25, 0.3) is 22.0 Å². The second-order valence-electron chi connectivity index (χ2n) is 12.1. The zero-order valence-corrected chi connectivity index (χ0v) is 27.4. The lowest BCUT2D eigenvalue weighted by Gasteiger charge is -2.35. The molecule has 1 aliphatic rings. The van der Waals surface area contributed by atoms with Gasteiger partial charge in [-0.25, -0.2) is 13.2 Å². The molecule has 13 heteroatoms. The summed E-state index contributed by atoms with van der Waals surface area (Å²) in [4.78, 5) is 31.9. The molecule has 0 aliphatic carbocycles. The number of carbonyl (C=O) groups excluding carboxylic acids is 1. The number of ether oxygens (including phenoxy) is 3. The molecule has 0 saturated carbocycles. The first-order chi connectivity index (χ1) is 21.8. The fourth-order valence-corrected chi connectivity index (χ4v) is 6.12. The van der Waals surface area contributed by atoms with Gasteiger partial charge in [0.15, 0.2) is 21.3 Å². The number of fused-ring (bicyclic) bond motifs is 1. The molecule has 246 valence electrons. The number of rotatable bonds is 9. The molecule has 5 rings (SSSR count). The summed E-state index contributed by atoms with van der Waals surface area (Å²) in [5.41, 5.74) is 0.473. The highest BCUT2D eigenvalue weighted by atomic mass is 32.2. The fourth-order valence-electron chi connectivity index (χ4n) is 5.22. The minimum Gasteiger partial charge on any atom is -0.489 e. The van der Waals surface area contributed by atoms with Crippen LogP contribution >= 0.6 is 0 Å². The van der Waals surface area contributed by atoms with Crippen LogP contribution in [0.15, 0.2) is 64.5 Å². The van der Waals surface area contributed by atoms with Crippen LogP contribution in [-0.2, 0) is 21.6 Å². The predicted octanol–water partition coefficient (Wildman–Crippen LogP) is 5.19. The van der Waals surface area contributed by atoms with Crippen LogP contribution in [0, 0.1) is 5.82 Å². The summed E-state index contributed by atoms with van der Waals surface area (Å²) in [6, 6.07) is 10.7. The highest BCUT2D eigenvalue weighted by molar-refractivity contribution is 7.91. The third kappa shape index (κ3) is 7.20. The maximum Gasteiger partial charge on any atom is 0.410 e. The summed E-state index contributed by atoms with van der Waals surface area (Å²) in [7, 11) is -1.98. The van der Waals surface area contributed by atoms with Crippen LogP contribution in [0.4, 0.5) is 9.18 Å². The van der Waals surface area contributed by atoms with E-state index < -0.39 is 21.3 Å². The van der Waals surface area contributed by atoms with E-state index in [2.05, 4.69) is 9.88 Å². The van der Waals surface area contributed by atoms with Gasteiger partial charge in [-0.15, -0.1) is 0 Å². The number of aromatic amines is 1. The lowest BCUT2D eigenvalue weighted by Crippen LogP contribution is -2.50. The Hall–Kier alpha value is -4.36.